The van der Waals surface area contributed by atoms with Crippen molar-refractivity contribution in [3.05, 3.63) is 50.6 Å². The number of methoxy groups -OCH3 is 1. The summed E-state index contributed by atoms with van der Waals surface area (Å²) in [6.07, 6.45) is 1.90. The van der Waals surface area contributed by atoms with E-state index in [1.54, 1.807) is 6.92 Å². The second kappa shape index (κ2) is 7.99. The Hall–Kier alpha value is -3.02. The smallest absolute Gasteiger partial charge is 0.338 e. The summed E-state index contributed by atoms with van der Waals surface area (Å²) < 4.78 is 5.02. The number of nitrogens with zero attached hydrogens (tertiary/aromatic N) is 1. The SMILES string of the molecule is COC(=O)c1cc(N(C)C)c2c(c1C)C(=O)C1=C(C)[C@]3(C)C(=O)C(C(C)=O)=C(C)CC3(C)CC1(C)C2. The zero-order valence-corrected chi connectivity index (χ0v) is 23.2. The first-order valence-corrected chi connectivity index (χ1v) is 12.5. The third-order valence-electron chi connectivity index (χ3n) is 9.41. The minimum absolute atomic E-state index is 0.130. The summed E-state index contributed by atoms with van der Waals surface area (Å²) in [7, 11) is 5.15. The third kappa shape index (κ3) is 3.15. The molecule has 0 spiro atoms. The molecule has 0 heterocycles. The molecule has 4 rings (SSSR count). The van der Waals surface area contributed by atoms with Gasteiger partial charge in [0.25, 0.3) is 0 Å². The summed E-state index contributed by atoms with van der Waals surface area (Å²) in [6.45, 7) is 13.2. The average Bonchev–Trinajstić information content (AvgIpc) is 2.75. The van der Waals surface area contributed by atoms with Crippen LogP contribution in [0.5, 0.6) is 0 Å². The van der Waals surface area contributed by atoms with E-state index in [-0.39, 0.29) is 22.9 Å². The van der Waals surface area contributed by atoms with Gasteiger partial charge in [0.2, 0.25) is 0 Å². The van der Waals surface area contributed by atoms with Crippen LogP contribution >= 0.6 is 0 Å². The molecular weight excluding hydrogens is 454 g/mol. The van der Waals surface area contributed by atoms with Gasteiger partial charge in [-0.3, -0.25) is 14.4 Å². The topological polar surface area (TPSA) is 80.8 Å². The number of benzene rings is 1. The molecule has 2 unspecified atom stereocenters. The molecule has 1 aromatic carbocycles. The van der Waals surface area contributed by atoms with E-state index in [4.69, 9.17) is 4.74 Å². The van der Waals surface area contributed by atoms with Crippen LogP contribution in [0.3, 0.4) is 0 Å². The van der Waals surface area contributed by atoms with Crippen molar-refractivity contribution >= 4 is 29.0 Å². The molecule has 1 aromatic rings. The molecule has 0 N–H and O–H groups in total. The predicted octanol–water partition coefficient (Wildman–Crippen LogP) is 5.20. The van der Waals surface area contributed by atoms with Gasteiger partial charge in [0, 0.05) is 36.3 Å². The van der Waals surface area contributed by atoms with Crippen molar-refractivity contribution in [1.29, 1.82) is 0 Å². The van der Waals surface area contributed by atoms with Crippen LogP contribution in [0.15, 0.2) is 28.4 Å². The average molecular weight is 492 g/mol. The molecule has 0 aliphatic heterocycles. The lowest BCUT2D eigenvalue weighted by Gasteiger charge is -2.59. The Morgan fingerprint density at radius 3 is 2.17 bits per heavy atom. The first-order chi connectivity index (χ1) is 16.6. The van der Waals surface area contributed by atoms with Gasteiger partial charge in [-0.25, -0.2) is 4.79 Å². The molecule has 36 heavy (non-hydrogen) atoms. The van der Waals surface area contributed by atoms with E-state index >= 15 is 0 Å². The van der Waals surface area contributed by atoms with Crippen LogP contribution in [0.1, 0.15) is 86.2 Å². The predicted molar refractivity (Wildman–Crippen MR) is 140 cm³/mol. The van der Waals surface area contributed by atoms with E-state index in [1.807, 2.05) is 45.8 Å². The molecule has 0 amide bonds. The number of hydrogen-bond acceptors (Lipinski definition) is 6. The molecule has 3 aliphatic carbocycles. The second-order valence-corrected chi connectivity index (χ2v) is 12.0. The summed E-state index contributed by atoms with van der Waals surface area (Å²) in [5.41, 5.74) is 3.89. The van der Waals surface area contributed by atoms with Gasteiger partial charge < -0.3 is 9.64 Å². The van der Waals surface area contributed by atoms with Gasteiger partial charge in [0.15, 0.2) is 17.3 Å². The molecule has 3 aliphatic rings. The van der Waals surface area contributed by atoms with Crippen molar-refractivity contribution in [1.82, 2.24) is 0 Å². The standard InChI is InChI=1S/C30H37NO5/c1-15-12-29(6)14-28(5)13-20-21(31(8)9)11-19(27(35)36-10)16(2)23(20)25(33)24(28)17(3)30(29,7)26(34)22(15)18(4)32/h11H,12-14H2,1-10H3/t28?,29?,30-/m1/s1. The molecule has 6 heteroatoms. The van der Waals surface area contributed by atoms with Gasteiger partial charge in [-0.1, -0.05) is 25.0 Å². The normalized spacial score (nSPS) is 29.5. The highest BCUT2D eigenvalue weighted by molar-refractivity contribution is 6.24. The quantitative estimate of drug-likeness (QED) is 0.427. The van der Waals surface area contributed by atoms with Crippen molar-refractivity contribution in [2.75, 3.05) is 26.1 Å². The van der Waals surface area contributed by atoms with Crippen LogP contribution in [0, 0.1) is 23.2 Å². The summed E-state index contributed by atoms with van der Waals surface area (Å²) in [4.78, 5) is 55.4. The number of Topliss-reactive ketones (excluding diaryl/α,β-unsaturated/α-hetero) is 3. The maximum Gasteiger partial charge on any atom is 0.338 e. The number of rotatable bonds is 3. The molecule has 0 aromatic heterocycles. The van der Waals surface area contributed by atoms with Crippen molar-refractivity contribution in [2.45, 2.75) is 67.7 Å². The van der Waals surface area contributed by atoms with Crippen LogP contribution in [0.2, 0.25) is 0 Å². The fraction of sp³-hybridized carbons (Fsp3) is 0.533. The van der Waals surface area contributed by atoms with E-state index in [9.17, 15) is 19.2 Å². The monoisotopic (exact) mass is 491 g/mol. The summed E-state index contributed by atoms with van der Waals surface area (Å²) >= 11 is 0. The Kier molecular flexibility index (Phi) is 5.78. The molecule has 0 saturated heterocycles. The molecule has 0 fully saturated rings. The number of carbonyl (C=O) groups is 4. The molecule has 0 radical (unpaired) electrons. The van der Waals surface area contributed by atoms with Crippen molar-refractivity contribution in [2.24, 2.45) is 16.2 Å². The maximum absolute atomic E-state index is 14.4. The number of allylic oxidation sites excluding steroid dienone is 4. The fourth-order valence-corrected chi connectivity index (χ4v) is 7.68. The zero-order chi connectivity index (χ0) is 27.1. The summed E-state index contributed by atoms with van der Waals surface area (Å²) in [6, 6.07) is 1.82. The minimum atomic E-state index is -0.965. The van der Waals surface area contributed by atoms with Crippen LogP contribution in [-0.4, -0.2) is 44.5 Å². The van der Waals surface area contributed by atoms with Crippen molar-refractivity contribution < 1.29 is 23.9 Å². The Balaban J connectivity index is 2.05. The van der Waals surface area contributed by atoms with Crippen LogP contribution in [0.4, 0.5) is 5.69 Å². The first-order valence-electron chi connectivity index (χ1n) is 12.5. The molecule has 0 bridgehead atoms. The van der Waals surface area contributed by atoms with E-state index in [1.165, 1.54) is 14.0 Å². The van der Waals surface area contributed by atoms with Crippen LogP contribution in [0.25, 0.3) is 0 Å². The highest BCUT2D eigenvalue weighted by Gasteiger charge is 2.63. The second-order valence-electron chi connectivity index (χ2n) is 12.0. The number of fused-ring (bicyclic) bond motifs is 3. The van der Waals surface area contributed by atoms with Gasteiger partial charge in [-0.05, 0) is 76.5 Å². The van der Waals surface area contributed by atoms with Crippen LogP contribution in [-0.2, 0) is 20.7 Å². The lowest BCUT2D eigenvalue weighted by Crippen LogP contribution is -2.57. The molecular formula is C30H37NO5. The van der Waals surface area contributed by atoms with Gasteiger partial charge in [0.05, 0.1) is 23.7 Å². The summed E-state index contributed by atoms with van der Waals surface area (Å²) in [5.74, 6) is -1.01. The van der Waals surface area contributed by atoms with Gasteiger partial charge in [-0.2, -0.15) is 0 Å². The van der Waals surface area contributed by atoms with Gasteiger partial charge in [0.1, 0.15) is 0 Å². The number of ketones is 3. The molecule has 0 saturated carbocycles. The first kappa shape index (κ1) is 26.1. The Morgan fingerprint density at radius 1 is 1.03 bits per heavy atom. The molecule has 3 atom stereocenters. The van der Waals surface area contributed by atoms with Gasteiger partial charge >= 0.3 is 5.97 Å². The minimum Gasteiger partial charge on any atom is -0.465 e. The molecule has 6 nitrogen and oxygen atoms in total. The number of carbonyl (C=O) groups excluding carboxylic acids is 4. The van der Waals surface area contributed by atoms with Crippen molar-refractivity contribution in [3.63, 3.8) is 0 Å². The largest absolute Gasteiger partial charge is 0.465 e. The van der Waals surface area contributed by atoms with Crippen LogP contribution < -0.4 is 4.90 Å². The fourth-order valence-electron chi connectivity index (χ4n) is 7.68. The Morgan fingerprint density at radius 2 is 1.64 bits per heavy atom. The van der Waals surface area contributed by atoms with E-state index in [2.05, 4.69) is 13.8 Å². The number of hydrogen-bond donors (Lipinski definition) is 0. The third-order valence-corrected chi connectivity index (χ3v) is 9.41. The highest BCUT2D eigenvalue weighted by Crippen LogP contribution is 2.66. The molecule has 192 valence electrons. The summed E-state index contributed by atoms with van der Waals surface area (Å²) in [5, 5.41) is 0. The highest BCUT2D eigenvalue weighted by atomic mass is 16.5. The van der Waals surface area contributed by atoms with E-state index in [0.29, 0.717) is 41.5 Å². The number of anilines is 1. The maximum atomic E-state index is 14.4. The lowest BCUT2D eigenvalue weighted by atomic mass is 9.42. The number of esters is 1. The Labute approximate surface area is 213 Å². The zero-order valence-electron chi connectivity index (χ0n) is 23.2. The van der Waals surface area contributed by atoms with Crippen molar-refractivity contribution in [3.8, 4) is 0 Å². The van der Waals surface area contributed by atoms with Gasteiger partial charge in [-0.15, -0.1) is 0 Å². The number of ether oxygens (including phenoxy) is 1. The van der Waals surface area contributed by atoms with E-state index in [0.717, 1.165) is 22.4 Å². The lowest BCUT2D eigenvalue weighted by molar-refractivity contribution is -0.134. The Bertz CT molecular complexity index is 1330. The van der Waals surface area contributed by atoms with E-state index < -0.39 is 22.2 Å².